The van der Waals surface area contributed by atoms with Crippen molar-refractivity contribution in [1.82, 2.24) is 0 Å². The highest BCUT2D eigenvalue weighted by molar-refractivity contribution is 9.10. The van der Waals surface area contributed by atoms with Gasteiger partial charge in [0.1, 0.15) is 5.75 Å². The summed E-state index contributed by atoms with van der Waals surface area (Å²) < 4.78 is 9.92. The van der Waals surface area contributed by atoms with E-state index in [4.69, 9.17) is 4.74 Å². The van der Waals surface area contributed by atoms with Crippen LogP contribution in [-0.2, 0) is 4.74 Å². The minimum absolute atomic E-state index is 0.455. The van der Waals surface area contributed by atoms with E-state index in [1.165, 1.54) is 7.11 Å². The van der Waals surface area contributed by atoms with Crippen LogP contribution in [0.2, 0.25) is 0 Å². The third kappa shape index (κ3) is 2.54. The maximum absolute atomic E-state index is 10.6. The molecule has 0 N–H and O–H groups in total. The summed E-state index contributed by atoms with van der Waals surface area (Å²) in [4.78, 5) is 10.6. The van der Waals surface area contributed by atoms with E-state index in [1.807, 2.05) is 6.07 Å². The van der Waals surface area contributed by atoms with Gasteiger partial charge in [-0.3, -0.25) is 0 Å². The van der Waals surface area contributed by atoms with Gasteiger partial charge in [0.25, 0.3) is 0 Å². The zero-order chi connectivity index (χ0) is 8.97. The first-order valence-electron chi connectivity index (χ1n) is 3.24. The van der Waals surface area contributed by atoms with E-state index in [0.29, 0.717) is 5.75 Å². The second-order valence-corrected chi connectivity index (χ2v) is 2.93. The van der Waals surface area contributed by atoms with Crippen LogP contribution in [0.15, 0.2) is 28.7 Å². The van der Waals surface area contributed by atoms with Crippen LogP contribution in [0.5, 0.6) is 5.75 Å². The number of hydrogen-bond donors (Lipinski definition) is 0. The van der Waals surface area contributed by atoms with Gasteiger partial charge in [-0.05, 0) is 18.2 Å². The Kier molecular flexibility index (Phi) is 3.10. The minimum atomic E-state index is -0.715. The van der Waals surface area contributed by atoms with Crippen LogP contribution in [0.3, 0.4) is 0 Å². The Bertz CT molecular complexity index is 285. The molecule has 0 aromatic heterocycles. The summed E-state index contributed by atoms with van der Waals surface area (Å²) >= 11 is 3.24. The molecule has 0 saturated carbocycles. The first-order chi connectivity index (χ1) is 5.72. The van der Waals surface area contributed by atoms with Crippen molar-refractivity contribution in [1.29, 1.82) is 0 Å². The van der Waals surface area contributed by atoms with Gasteiger partial charge in [-0.2, -0.15) is 0 Å². The standard InChI is InChI=1S/C8H7BrO3/c1-11-8(10)12-7-4-2-3-6(9)5-7/h2-5H,1H3. The van der Waals surface area contributed by atoms with Gasteiger partial charge in [0, 0.05) is 4.47 Å². The molecule has 0 heterocycles. The van der Waals surface area contributed by atoms with Gasteiger partial charge < -0.3 is 9.47 Å². The third-order valence-electron chi connectivity index (χ3n) is 1.16. The molecule has 0 amide bonds. The van der Waals surface area contributed by atoms with Crippen LogP contribution in [0.1, 0.15) is 0 Å². The first kappa shape index (κ1) is 9.06. The van der Waals surface area contributed by atoms with Crippen molar-refractivity contribution in [3.8, 4) is 5.75 Å². The lowest BCUT2D eigenvalue weighted by Gasteiger charge is -2.01. The SMILES string of the molecule is COC(=O)Oc1cccc(Br)c1. The molecule has 64 valence electrons. The second-order valence-electron chi connectivity index (χ2n) is 2.01. The summed E-state index contributed by atoms with van der Waals surface area (Å²) in [5, 5.41) is 0. The summed E-state index contributed by atoms with van der Waals surface area (Å²) in [5.74, 6) is 0.455. The van der Waals surface area contributed by atoms with Crippen molar-refractivity contribution in [2.45, 2.75) is 0 Å². The predicted octanol–water partition coefficient (Wildman–Crippen LogP) is 2.59. The lowest BCUT2D eigenvalue weighted by molar-refractivity contribution is 0.121. The van der Waals surface area contributed by atoms with E-state index in [-0.39, 0.29) is 0 Å². The van der Waals surface area contributed by atoms with Gasteiger partial charge in [0.05, 0.1) is 7.11 Å². The first-order valence-corrected chi connectivity index (χ1v) is 4.03. The summed E-state index contributed by atoms with van der Waals surface area (Å²) in [6.45, 7) is 0. The molecule has 1 aromatic carbocycles. The van der Waals surface area contributed by atoms with Crippen LogP contribution in [0, 0.1) is 0 Å². The van der Waals surface area contributed by atoms with Gasteiger partial charge in [-0.25, -0.2) is 4.79 Å². The average molecular weight is 231 g/mol. The molecule has 0 radical (unpaired) electrons. The fourth-order valence-electron chi connectivity index (χ4n) is 0.668. The zero-order valence-corrected chi connectivity index (χ0v) is 8.00. The smallest absolute Gasteiger partial charge is 0.437 e. The minimum Gasteiger partial charge on any atom is -0.437 e. The van der Waals surface area contributed by atoms with Crippen molar-refractivity contribution in [2.24, 2.45) is 0 Å². The lowest BCUT2D eigenvalue weighted by atomic mass is 10.3. The Morgan fingerprint density at radius 1 is 1.50 bits per heavy atom. The van der Waals surface area contributed by atoms with Crippen molar-refractivity contribution in [3.63, 3.8) is 0 Å². The molecule has 12 heavy (non-hydrogen) atoms. The number of methoxy groups -OCH3 is 1. The van der Waals surface area contributed by atoms with Crippen molar-refractivity contribution in [2.75, 3.05) is 7.11 Å². The van der Waals surface area contributed by atoms with E-state index < -0.39 is 6.16 Å². The van der Waals surface area contributed by atoms with Gasteiger partial charge in [0.2, 0.25) is 0 Å². The highest BCUT2D eigenvalue weighted by atomic mass is 79.9. The van der Waals surface area contributed by atoms with Crippen molar-refractivity contribution in [3.05, 3.63) is 28.7 Å². The van der Waals surface area contributed by atoms with Gasteiger partial charge >= 0.3 is 6.16 Å². The largest absolute Gasteiger partial charge is 0.513 e. The molecule has 0 unspecified atom stereocenters. The lowest BCUT2D eigenvalue weighted by Crippen LogP contribution is -2.06. The average Bonchev–Trinajstić information content (AvgIpc) is 2.04. The second kappa shape index (κ2) is 4.11. The molecule has 0 aliphatic heterocycles. The molecule has 0 fully saturated rings. The van der Waals surface area contributed by atoms with Crippen molar-refractivity contribution < 1.29 is 14.3 Å². The number of hydrogen-bond acceptors (Lipinski definition) is 3. The predicted molar refractivity (Wildman–Crippen MR) is 47.2 cm³/mol. The maximum Gasteiger partial charge on any atom is 0.513 e. The number of carbonyl (C=O) groups excluding carboxylic acids is 1. The Hall–Kier alpha value is -1.03. The Morgan fingerprint density at radius 2 is 2.25 bits per heavy atom. The topological polar surface area (TPSA) is 35.5 Å². The molecule has 3 nitrogen and oxygen atoms in total. The van der Waals surface area contributed by atoms with E-state index in [2.05, 4.69) is 20.7 Å². The molecule has 0 bridgehead atoms. The summed E-state index contributed by atoms with van der Waals surface area (Å²) in [6.07, 6.45) is -0.715. The molecule has 0 atom stereocenters. The fraction of sp³-hybridized carbons (Fsp3) is 0.125. The molecule has 0 aliphatic carbocycles. The molecule has 0 saturated heterocycles. The number of carbonyl (C=O) groups is 1. The van der Waals surface area contributed by atoms with E-state index in [1.54, 1.807) is 18.2 Å². The highest BCUT2D eigenvalue weighted by Gasteiger charge is 2.02. The van der Waals surface area contributed by atoms with Gasteiger partial charge in [-0.1, -0.05) is 22.0 Å². The normalized spacial score (nSPS) is 9.17. The van der Waals surface area contributed by atoms with Crippen LogP contribution < -0.4 is 4.74 Å². The fourth-order valence-corrected chi connectivity index (χ4v) is 1.05. The number of ether oxygens (including phenoxy) is 2. The molecular formula is C8H7BrO3. The highest BCUT2D eigenvalue weighted by Crippen LogP contribution is 2.17. The van der Waals surface area contributed by atoms with Gasteiger partial charge in [0.15, 0.2) is 0 Å². The molecular weight excluding hydrogens is 224 g/mol. The van der Waals surface area contributed by atoms with Crippen LogP contribution >= 0.6 is 15.9 Å². The number of benzene rings is 1. The van der Waals surface area contributed by atoms with Gasteiger partial charge in [-0.15, -0.1) is 0 Å². The summed E-state index contributed by atoms with van der Waals surface area (Å²) in [5.41, 5.74) is 0. The maximum atomic E-state index is 10.6. The van der Waals surface area contributed by atoms with Crippen LogP contribution in [-0.4, -0.2) is 13.3 Å². The number of halogens is 1. The van der Waals surface area contributed by atoms with Crippen LogP contribution in [0.4, 0.5) is 4.79 Å². The van der Waals surface area contributed by atoms with Crippen LogP contribution in [0.25, 0.3) is 0 Å². The van der Waals surface area contributed by atoms with E-state index >= 15 is 0 Å². The Balaban J connectivity index is 2.69. The molecule has 0 spiro atoms. The molecule has 0 aliphatic rings. The monoisotopic (exact) mass is 230 g/mol. The van der Waals surface area contributed by atoms with E-state index in [0.717, 1.165) is 4.47 Å². The Labute approximate surface area is 78.4 Å². The molecule has 4 heteroatoms. The van der Waals surface area contributed by atoms with E-state index in [9.17, 15) is 4.79 Å². The quantitative estimate of drug-likeness (QED) is 0.550. The number of rotatable bonds is 1. The molecule has 1 rings (SSSR count). The zero-order valence-electron chi connectivity index (χ0n) is 6.41. The summed E-state index contributed by atoms with van der Waals surface area (Å²) in [7, 11) is 1.26. The van der Waals surface area contributed by atoms with Crippen molar-refractivity contribution >= 4 is 22.1 Å². The summed E-state index contributed by atoms with van der Waals surface area (Å²) in [6, 6.07) is 6.95. The molecule has 1 aromatic rings. The third-order valence-corrected chi connectivity index (χ3v) is 1.66. The Morgan fingerprint density at radius 3 is 2.83 bits per heavy atom.